The van der Waals surface area contributed by atoms with Gasteiger partial charge in [0.1, 0.15) is 0 Å². The van der Waals surface area contributed by atoms with Gasteiger partial charge in [-0.15, -0.1) is 0 Å². The maximum Gasteiger partial charge on any atom is 0.335 e. The number of hydrogen-bond donors (Lipinski definition) is 2. The fourth-order valence-electron chi connectivity index (χ4n) is 3.65. The Kier molecular flexibility index (Phi) is 5.25. The lowest BCUT2D eigenvalue weighted by Crippen LogP contribution is -2.51. The maximum atomic E-state index is 12.4. The van der Waals surface area contributed by atoms with E-state index in [1.807, 2.05) is 6.92 Å². The van der Waals surface area contributed by atoms with Gasteiger partial charge in [-0.3, -0.25) is 4.79 Å². The van der Waals surface area contributed by atoms with Gasteiger partial charge in [0.15, 0.2) is 5.60 Å². The Balaban J connectivity index is 1.82. The summed E-state index contributed by atoms with van der Waals surface area (Å²) in [5.41, 5.74) is -1.65. The van der Waals surface area contributed by atoms with Crippen molar-refractivity contribution in [1.29, 1.82) is 0 Å². The summed E-state index contributed by atoms with van der Waals surface area (Å²) in [5.74, 6) is -0.388. The highest BCUT2D eigenvalue weighted by Gasteiger charge is 2.41. The van der Waals surface area contributed by atoms with E-state index < -0.39 is 11.6 Å². The molecule has 0 spiro atoms. The molecular formula is C16H27NO4. The number of carbonyl (C=O) groups excluding carboxylic acids is 1. The SMILES string of the molecule is CC(CC1CCCCC1)C(=O)N1CCC(O)(C(=O)O)CC1. The van der Waals surface area contributed by atoms with Crippen LogP contribution in [0.3, 0.4) is 0 Å². The van der Waals surface area contributed by atoms with E-state index in [0.717, 1.165) is 6.42 Å². The minimum absolute atomic E-state index is 0.00382. The second-order valence-corrected chi connectivity index (χ2v) is 6.80. The fourth-order valence-corrected chi connectivity index (χ4v) is 3.65. The van der Waals surface area contributed by atoms with Gasteiger partial charge >= 0.3 is 5.97 Å². The van der Waals surface area contributed by atoms with Gasteiger partial charge in [-0.25, -0.2) is 4.79 Å². The van der Waals surface area contributed by atoms with Crippen molar-refractivity contribution >= 4 is 11.9 Å². The minimum Gasteiger partial charge on any atom is -0.479 e. The molecule has 1 atom stereocenters. The largest absolute Gasteiger partial charge is 0.479 e. The Labute approximate surface area is 126 Å². The van der Waals surface area contributed by atoms with Crippen LogP contribution in [0, 0.1) is 11.8 Å². The van der Waals surface area contributed by atoms with Gasteiger partial charge in [0.25, 0.3) is 0 Å². The highest BCUT2D eigenvalue weighted by Crippen LogP contribution is 2.30. The Bertz CT molecular complexity index is 382. The van der Waals surface area contributed by atoms with Crippen molar-refractivity contribution in [1.82, 2.24) is 4.90 Å². The number of piperidine rings is 1. The van der Waals surface area contributed by atoms with Gasteiger partial charge in [0.2, 0.25) is 5.91 Å². The lowest BCUT2D eigenvalue weighted by molar-refractivity contribution is -0.166. The quantitative estimate of drug-likeness (QED) is 0.832. The van der Waals surface area contributed by atoms with E-state index in [-0.39, 0.29) is 24.7 Å². The lowest BCUT2D eigenvalue weighted by Gasteiger charge is -2.37. The van der Waals surface area contributed by atoms with Crippen LogP contribution in [-0.4, -0.2) is 45.7 Å². The van der Waals surface area contributed by atoms with Crippen molar-refractivity contribution in [3.63, 3.8) is 0 Å². The summed E-state index contributed by atoms with van der Waals surface area (Å²) in [5, 5.41) is 18.9. The Morgan fingerprint density at radius 2 is 1.76 bits per heavy atom. The Hall–Kier alpha value is -1.10. The summed E-state index contributed by atoms with van der Waals surface area (Å²) in [4.78, 5) is 25.2. The van der Waals surface area contributed by atoms with E-state index in [4.69, 9.17) is 5.11 Å². The van der Waals surface area contributed by atoms with Gasteiger partial charge in [0.05, 0.1) is 0 Å². The van der Waals surface area contributed by atoms with Crippen LogP contribution in [0.4, 0.5) is 0 Å². The molecule has 2 fully saturated rings. The molecule has 120 valence electrons. The van der Waals surface area contributed by atoms with E-state index in [0.29, 0.717) is 19.0 Å². The summed E-state index contributed by atoms with van der Waals surface area (Å²) < 4.78 is 0. The van der Waals surface area contributed by atoms with Crippen LogP contribution in [-0.2, 0) is 9.59 Å². The van der Waals surface area contributed by atoms with Crippen LogP contribution in [0.2, 0.25) is 0 Å². The predicted octanol–water partition coefficient (Wildman–Crippen LogP) is 2.03. The molecule has 5 heteroatoms. The molecule has 1 saturated heterocycles. The molecule has 0 aromatic carbocycles. The highest BCUT2D eigenvalue weighted by atomic mass is 16.4. The molecule has 0 aromatic rings. The first-order valence-corrected chi connectivity index (χ1v) is 8.17. The van der Waals surface area contributed by atoms with E-state index in [1.165, 1.54) is 32.1 Å². The first kappa shape index (κ1) is 16.3. The van der Waals surface area contributed by atoms with Gasteiger partial charge in [-0.1, -0.05) is 39.0 Å². The number of nitrogens with zero attached hydrogens (tertiary/aromatic N) is 1. The zero-order valence-corrected chi connectivity index (χ0v) is 12.9. The third kappa shape index (κ3) is 3.96. The first-order valence-electron chi connectivity index (χ1n) is 8.17. The standard InChI is InChI=1S/C16H27NO4/c1-12(11-13-5-3-2-4-6-13)14(18)17-9-7-16(21,8-10-17)15(19)20/h12-13,21H,2-11H2,1H3,(H,19,20). The van der Waals surface area contributed by atoms with Crippen LogP contribution in [0.1, 0.15) is 58.3 Å². The van der Waals surface area contributed by atoms with Gasteiger partial charge in [-0.05, 0) is 12.3 Å². The van der Waals surface area contributed by atoms with E-state index in [9.17, 15) is 14.7 Å². The van der Waals surface area contributed by atoms with Crippen molar-refractivity contribution in [2.75, 3.05) is 13.1 Å². The summed E-state index contributed by atoms with van der Waals surface area (Å²) in [6.45, 7) is 2.67. The zero-order valence-electron chi connectivity index (χ0n) is 12.9. The van der Waals surface area contributed by atoms with Crippen molar-refractivity contribution < 1.29 is 19.8 Å². The smallest absolute Gasteiger partial charge is 0.335 e. The molecule has 0 aromatic heterocycles. The molecule has 5 nitrogen and oxygen atoms in total. The van der Waals surface area contributed by atoms with Crippen molar-refractivity contribution in [2.24, 2.45) is 11.8 Å². The van der Waals surface area contributed by atoms with Crippen LogP contribution >= 0.6 is 0 Å². The molecule has 0 radical (unpaired) electrons. The van der Waals surface area contributed by atoms with Gasteiger partial charge < -0.3 is 15.1 Å². The molecule has 1 amide bonds. The van der Waals surface area contributed by atoms with E-state index in [1.54, 1.807) is 4.90 Å². The van der Waals surface area contributed by atoms with Gasteiger partial charge in [0, 0.05) is 31.8 Å². The first-order chi connectivity index (χ1) is 9.92. The number of hydrogen-bond acceptors (Lipinski definition) is 3. The lowest BCUT2D eigenvalue weighted by atomic mass is 9.82. The molecule has 1 aliphatic heterocycles. The number of likely N-dealkylation sites (tertiary alicyclic amines) is 1. The number of aliphatic hydroxyl groups is 1. The van der Waals surface area contributed by atoms with Crippen LogP contribution < -0.4 is 0 Å². The molecule has 2 aliphatic rings. The molecule has 21 heavy (non-hydrogen) atoms. The Morgan fingerprint density at radius 1 is 1.19 bits per heavy atom. The van der Waals surface area contributed by atoms with Crippen LogP contribution in [0.15, 0.2) is 0 Å². The molecular weight excluding hydrogens is 270 g/mol. The van der Waals surface area contributed by atoms with Crippen molar-refractivity contribution in [3.8, 4) is 0 Å². The predicted molar refractivity (Wildman–Crippen MR) is 78.8 cm³/mol. The van der Waals surface area contributed by atoms with E-state index in [2.05, 4.69) is 0 Å². The highest BCUT2D eigenvalue weighted by molar-refractivity contribution is 5.80. The fraction of sp³-hybridized carbons (Fsp3) is 0.875. The third-order valence-corrected chi connectivity index (χ3v) is 5.13. The van der Waals surface area contributed by atoms with Crippen LogP contribution in [0.25, 0.3) is 0 Å². The summed E-state index contributed by atoms with van der Waals surface area (Å²) in [6, 6.07) is 0. The monoisotopic (exact) mass is 297 g/mol. The number of aliphatic carboxylic acids is 1. The average Bonchev–Trinajstić information content (AvgIpc) is 2.48. The molecule has 0 bridgehead atoms. The normalized spacial score (nSPS) is 24.6. The summed E-state index contributed by atoms with van der Waals surface area (Å²) >= 11 is 0. The van der Waals surface area contributed by atoms with Crippen molar-refractivity contribution in [2.45, 2.75) is 63.9 Å². The number of amides is 1. The minimum atomic E-state index is -1.65. The molecule has 1 aliphatic carbocycles. The molecule has 2 N–H and O–H groups in total. The number of rotatable bonds is 4. The molecule has 1 heterocycles. The molecule has 1 saturated carbocycles. The molecule has 1 unspecified atom stereocenters. The topological polar surface area (TPSA) is 77.8 Å². The Morgan fingerprint density at radius 3 is 2.29 bits per heavy atom. The number of carboxylic acids is 1. The van der Waals surface area contributed by atoms with Crippen LogP contribution in [0.5, 0.6) is 0 Å². The summed E-state index contributed by atoms with van der Waals surface area (Å²) in [7, 11) is 0. The third-order valence-electron chi connectivity index (χ3n) is 5.13. The molecule has 2 rings (SSSR count). The number of carboxylic acid groups (broad SMARTS) is 1. The zero-order chi connectivity index (χ0) is 15.5. The van der Waals surface area contributed by atoms with Crippen molar-refractivity contribution in [3.05, 3.63) is 0 Å². The second-order valence-electron chi connectivity index (χ2n) is 6.80. The average molecular weight is 297 g/mol. The second kappa shape index (κ2) is 6.77. The maximum absolute atomic E-state index is 12.4. The van der Waals surface area contributed by atoms with E-state index >= 15 is 0 Å². The number of carbonyl (C=O) groups is 2. The summed E-state index contributed by atoms with van der Waals surface area (Å²) in [6.07, 6.45) is 7.54. The van der Waals surface area contributed by atoms with Gasteiger partial charge in [-0.2, -0.15) is 0 Å².